The van der Waals surface area contributed by atoms with E-state index in [0.717, 1.165) is 33.4 Å². The Morgan fingerprint density at radius 3 is 1.35 bits per heavy atom. The van der Waals surface area contributed by atoms with Gasteiger partial charge in [0.25, 0.3) is 0 Å². The van der Waals surface area contributed by atoms with E-state index in [2.05, 4.69) is 55.5 Å². The lowest BCUT2D eigenvalue weighted by Crippen LogP contribution is -2.70. The number of nitriles is 2. The van der Waals surface area contributed by atoms with Crippen LogP contribution in [-0.2, 0) is 70.1 Å². The van der Waals surface area contributed by atoms with E-state index in [-0.39, 0.29) is 90.6 Å². The summed E-state index contributed by atoms with van der Waals surface area (Å²) in [6, 6.07) is 10.1. The van der Waals surface area contributed by atoms with Crippen LogP contribution in [-0.4, -0.2) is 206 Å². The van der Waals surface area contributed by atoms with Gasteiger partial charge in [0.15, 0.2) is 80.1 Å². The van der Waals surface area contributed by atoms with Crippen molar-refractivity contribution in [2.75, 3.05) is 92.9 Å². The second-order valence-electron chi connectivity index (χ2n) is 35.3. The molecular formula is C92H102N8O23S2. The maximum Gasteiger partial charge on any atom is 0.514 e. The molecule has 14 aliphatic heterocycles. The predicted molar refractivity (Wildman–Crippen MR) is 455 cm³/mol. The van der Waals surface area contributed by atoms with Gasteiger partial charge in [0.1, 0.15) is 48.0 Å². The number of hydrogen-bond acceptors (Lipinski definition) is 33. The Kier molecular flexibility index (Phi) is 22.4. The average Bonchev–Trinajstić information content (AvgIpc) is 1.50. The van der Waals surface area contributed by atoms with Gasteiger partial charge in [-0.25, -0.2) is 19.2 Å². The number of hydrogen-bond donors (Lipinski definition) is 5. The van der Waals surface area contributed by atoms with E-state index in [1.165, 1.54) is 58.9 Å². The number of phenolic OH excluding ortho intramolecular Hbond substituents is 3. The highest BCUT2D eigenvalue weighted by atomic mass is 32.2. The molecule has 6 aromatic carbocycles. The summed E-state index contributed by atoms with van der Waals surface area (Å²) in [5, 5.41) is 65.3. The van der Waals surface area contributed by atoms with Crippen LogP contribution in [0.25, 0.3) is 0 Å². The third-order valence-electron chi connectivity index (χ3n) is 26.1. The van der Waals surface area contributed by atoms with Gasteiger partial charge in [0.2, 0.25) is 13.6 Å². The predicted octanol–water partition coefficient (Wildman–Crippen LogP) is 12.1. The lowest BCUT2D eigenvalue weighted by molar-refractivity contribution is -0.158. The zero-order valence-electron chi connectivity index (χ0n) is 72.4. The standard InChI is InChI=1S/C47H52N4O12S.C45H50N4O11S/c1-10-13-50-28-15-26-14-22(2)39(57-9)38(53)33(26)36(50)37-43-35-34(42-41(59-21-60-42)23(3)40(35)61-24(4)52)30(51(37)29(28)18-48)19-58-44(54)47(20-64-43)27-17-31(56-8)32(16-25(27)11-12-49-47)62-45(55)63-46(5,6)7;1-9-12-48-26-14-24-13-21(2)38(55-8)37(51)31(24)34(48)35-41-33-32(40-39(57-20-58-40)22(3)36(33)50)28(49(35)27(26)17-46)18-56-42(52)45(19-61-41)25-16-29(54-7)30(15-23(25)10-11-47-45)59-43(53)60-44(4,5)6/h10,14,16-17,28-30,36-37,43,49,53H,1,11-13,15,19-21H2,2-9H3;9,13,15-16,26-28,34-35,41,47,50-51H,1,10-12,14,18-20H2,2-8H3/t28-,29-,30-,36+,37?,43+,47+;26-,27-,28-,34+,35?,41+,45+/m00/s1. The van der Waals surface area contributed by atoms with Crippen LogP contribution in [0.4, 0.5) is 9.59 Å². The van der Waals surface area contributed by atoms with Crippen molar-refractivity contribution in [3.63, 3.8) is 0 Å². The molecule has 2 unspecified atom stereocenters. The number of nitrogens with one attached hydrogen (secondary N) is 2. The Morgan fingerprint density at radius 1 is 0.536 bits per heavy atom. The second kappa shape index (κ2) is 32.4. The summed E-state index contributed by atoms with van der Waals surface area (Å²) in [6.45, 7) is 28.3. The van der Waals surface area contributed by atoms with Gasteiger partial charge in [-0.05, 0) is 164 Å². The Morgan fingerprint density at radius 2 is 0.952 bits per heavy atom. The summed E-state index contributed by atoms with van der Waals surface area (Å²) in [7, 11) is 5.97. The van der Waals surface area contributed by atoms with Gasteiger partial charge in [-0.2, -0.15) is 10.5 Å². The molecule has 31 nitrogen and oxygen atoms in total. The molecule has 0 radical (unpaired) electrons. The van der Waals surface area contributed by atoms with Crippen molar-refractivity contribution in [3.8, 4) is 92.6 Å². The molecule has 0 aliphatic carbocycles. The first-order valence-electron chi connectivity index (χ1n) is 41.7. The van der Waals surface area contributed by atoms with Gasteiger partial charge < -0.3 is 86.4 Å². The number of nitrogens with zero attached hydrogens (tertiary/aromatic N) is 6. The minimum absolute atomic E-state index is 0.00732. The molecule has 14 heterocycles. The molecule has 125 heavy (non-hydrogen) atoms. The van der Waals surface area contributed by atoms with Crippen molar-refractivity contribution in [2.24, 2.45) is 0 Å². The molecule has 4 fully saturated rings. The summed E-state index contributed by atoms with van der Waals surface area (Å²) in [4.78, 5) is 77.7. The summed E-state index contributed by atoms with van der Waals surface area (Å²) in [5.74, 6) is 2.01. The van der Waals surface area contributed by atoms with Gasteiger partial charge in [0, 0.05) is 113 Å². The van der Waals surface area contributed by atoms with Crippen LogP contribution in [0.1, 0.15) is 172 Å². The van der Waals surface area contributed by atoms with Crippen molar-refractivity contribution >= 4 is 53.7 Å². The molecule has 20 rings (SSSR count). The van der Waals surface area contributed by atoms with Crippen molar-refractivity contribution in [1.82, 2.24) is 30.2 Å². The minimum Gasteiger partial charge on any atom is -0.507 e. The molecule has 0 saturated carbocycles. The first kappa shape index (κ1) is 86.1. The SMILES string of the molecule is C=CCN1[C@@H]2c3c(cc(C)c(OC)c3O)C[C@H]1[C@H](C#N)N1C2[C@@H]2SC[C@]3(NCCc4cc(OC(=O)OC(C)(C)C)c(OC)cc43)C(=O)OC[C@H]1c1c3c(c(C)c(O)c12)OCO3.C=CCN1[C@@H]2c3c(cc(C)c(OC)c3O)C[C@H]1[C@H](C#N)N1C2[C@@H]2SC[C@]3(NCCc4cc(OC(=O)OC(C)(C)C)c(OC)cc43)C(=O)OC[C@H]1c1c3c(c(C)c(OC(C)=O)c12)OCO3. The monoisotopic (exact) mass is 1750 g/mol. The number of carbonyl (C=O) groups excluding carboxylic acids is 5. The highest BCUT2D eigenvalue weighted by Crippen LogP contribution is 2.68. The largest absolute Gasteiger partial charge is 0.514 e. The Bertz CT molecular complexity index is 5620. The van der Waals surface area contributed by atoms with E-state index in [0.29, 0.717) is 148 Å². The first-order chi connectivity index (χ1) is 59.7. The van der Waals surface area contributed by atoms with E-state index in [9.17, 15) is 45.0 Å². The number of methoxy groups -OCH3 is 4. The number of ether oxygens (including phenoxy) is 15. The molecule has 14 aliphatic rings. The number of phenols is 3. The number of fused-ring (bicyclic) bond motifs is 18. The summed E-state index contributed by atoms with van der Waals surface area (Å²) < 4.78 is 89.1. The maximum atomic E-state index is 15.1. The molecular weight excluding hydrogens is 1650 g/mol. The fourth-order valence-electron chi connectivity index (χ4n) is 21.5. The lowest BCUT2D eigenvalue weighted by Gasteiger charge is -2.62. The molecule has 4 saturated heterocycles. The number of benzene rings is 6. The van der Waals surface area contributed by atoms with Gasteiger partial charge in [-0.3, -0.25) is 35.0 Å². The number of aromatic hydroxyl groups is 3. The Labute approximate surface area is 732 Å². The molecule has 14 atom stereocenters. The number of rotatable bonds is 11. The van der Waals surface area contributed by atoms with Crippen molar-refractivity contribution in [2.45, 2.75) is 195 Å². The summed E-state index contributed by atoms with van der Waals surface area (Å²) in [6.07, 6.45) is 3.69. The lowest BCUT2D eigenvalue weighted by atomic mass is 9.71. The third kappa shape index (κ3) is 13.9. The van der Waals surface area contributed by atoms with E-state index in [1.807, 2.05) is 39.0 Å². The number of thioether (sulfide) groups is 2. The van der Waals surface area contributed by atoms with Crippen LogP contribution in [0, 0.1) is 50.4 Å². The van der Waals surface area contributed by atoms with Crippen molar-refractivity contribution in [1.29, 1.82) is 10.5 Å². The quantitative estimate of drug-likeness (QED) is 0.0264. The summed E-state index contributed by atoms with van der Waals surface area (Å²) >= 11 is 2.90. The first-order valence-corrected chi connectivity index (χ1v) is 43.8. The van der Waals surface area contributed by atoms with Crippen molar-refractivity contribution in [3.05, 3.63) is 151 Å². The Balaban J connectivity index is 0.000000177. The average molecular weight is 1750 g/mol. The zero-order valence-corrected chi connectivity index (χ0v) is 74.0. The fraction of sp³-hybridized carbons (Fsp3) is 0.489. The Hall–Kier alpha value is -11.0. The number of aryl methyl sites for hydroxylation is 2. The van der Waals surface area contributed by atoms with E-state index in [1.54, 1.807) is 78.8 Å². The minimum atomic E-state index is -1.47. The molecule has 33 heteroatoms. The molecule has 0 amide bonds. The highest BCUT2D eigenvalue weighted by Gasteiger charge is 2.66. The van der Waals surface area contributed by atoms with Crippen LogP contribution in [0.15, 0.2) is 61.7 Å². The van der Waals surface area contributed by atoms with Crippen LogP contribution in [0.5, 0.6) is 80.5 Å². The zero-order chi connectivity index (χ0) is 88.9. The van der Waals surface area contributed by atoms with Gasteiger partial charge >= 0.3 is 30.2 Å². The topological polar surface area (TPSA) is 369 Å². The number of carbonyl (C=O) groups is 5. The normalized spacial score (nSPS) is 27.0. The number of piperazine rings is 2. The van der Waals surface area contributed by atoms with Crippen molar-refractivity contribution < 1.29 is 110 Å². The van der Waals surface area contributed by atoms with E-state index >= 15 is 4.79 Å². The maximum absolute atomic E-state index is 15.1. The van der Waals surface area contributed by atoms with Crippen LogP contribution in [0.3, 0.4) is 0 Å². The second-order valence-corrected chi connectivity index (χ2v) is 37.6. The number of esters is 3. The molecule has 5 N–H and O–H groups in total. The van der Waals surface area contributed by atoms with Gasteiger partial charge in [0.05, 0.1) is 75.2 Å². The molecule has 660 valence electrons. The molecule has 0 aromatic heterocycles. The van der Waals surface area contributed by atoms with Gasteiger partial charge in [-0.1, -0.05) is 24.3 Å². The molecule has 2 spiro atoms. The van der Waals surface area contributed by atoms with E-state index < -0.39 is 111 Å². The molecule has 8 bridgehead atoms. The molecule has 6 aromatic rings. The van der Waals surface area contributed by atoms with Crippen LogP contribution < -0.4 is 62.7 Å². The van der Waals surface area contributed by atoms with Gasteiger partial charge in [-0.15, -0.1) is 36.7 Å². The van der Waals surface area contributed by atoms with Crippen LogP contribution in [0.2, 0.25) is 0 Å². The summed E-state index contributed by atoms with van der Waals surface area (Å²) in [5.41, 5.74) is 6.39. The van der Waals surface area contributed by atoms with Crippen LogP contribution >= 0.6 is 23.5 Å². The highest BCUT2D eigenvalue weighted by molar-refractivity contribution is 7.99. The van der Waals surface area contributed by atoms with E-state index in [4.69, 9.17) is 71.1 Å². The third-order valence-corrected chi connectivity index (χ3v) is 29.1. The fourth-order valence-corrected chi connectivity index (χ4v) is 24.8. The smallest absolute Gasteiger partial charge is 0.507 e.